The summed E-state index contributed by atoms with van der Waals surface area (Å²) in [5, 5.41) is 10.4. The highest BCUT2D eigenvalue weighted by molar-refractivity contribution is 7.89. The highest BCUT2D eigenvalue weighted by atomic mass is 32.2. The minimum atomic E-state index is -3.63. The third kappa shape index (κ3) is 5.46. The minimum Gasteiger partial charge on any atom is -0.497 e. The van der Waals surface area contributed by atoms with E-state index in [0.29, 0.717) is 42.0 Å². The fraction of sp³-hybridized carbons (Fsp3) is 0.375. The molecular formula is C24H28N4O6S. The zero-order valence-corrected chi connectivity index (χ0v) is 20.8. The van der Waals surface area contributed by atoms with Gasteiger partial charge >= 0.3 is 6.01 Å². The van der Waals surface area contributed by atoms with Crippen LogP contribution in [0.25, 0.3) is 11.5 Å². The number of sulfonamides is 1. The molecule has 0 saturated carbocycles. The molecule has 186 valence electrons. The summed E-state index contributed by atoms with van der Waals surface area (Å²) in [6.07, 6.45) is 1.01. The Morgan fingerprint density at radius 1 is 1.00 bits per heavy atom. The smallest absolute Gasteiger partial charge is 0.322 e. The molecule has 2 heterocycles. The predicted molar refractivity (Wildman–Crippen MR) is 129 cm³/mol. The Morgan fingerprint density at radius 2 is 1.60 bits per heavy atom. The number of piperidine rings is 1. The summed E-state index contributed by atoms with van der Waals surface area (Å²) < 4.78 is 43.7. The van der Waals surface area contributed by atoms with Crippen LogP contribution in [0.3, 0.4) is 0 Å². The number of hydrogen-bond donors (Lipinski definition) is 1. The molecule has 2 aromatic carbocycles. The van der Waals surface area contributed by atoms with Crippen molar-refractivity contribution < 1.29 is 27.1 Å². The molecule has 0 radical (unpaired) electrons. The molecule has 10 nitrogen and oxygen atoms in total. The van der Waals surface area contributed by atoms with E-state index in [9.17, 15) is 13.2 Å². The number of hydrogen-bond acceptors (Lipinski definition) is 8. The van der Waals surface area contributed by atoms with Crippen molar-refractivity contribution in [2.45, 2.75) is 25.2 Å². The van der Waals surface area contributed by atoms with Gasteiger partial charge in [0.1, 0.15) is 11.5 Å². The minimum absolute atomic E-state index is 0.0974. The predicted octanol–water partition coefficient (Wildman–Crippen LogP) is 3.67. The largest absolute Gasteiger partial charge is 0.497 e. The van der Waals surface area contributed by atoms with E-state index in [1.54, 1.807) is 18.2 Å². The monoisotopic (exact) mass is 500 g/mol. The number of nitrogens with zero attached hydrogens (tertiary/aromatic N) is 3. The average molecular weight is 501 g/mol. The Morgan fingerprint density at radius 3 is 2.17 bits per heavy atom. The van der Waals surface area contributed by atoms with Crippen molar-refractivity contribution in [2.24, 2.45) is 11.8 Å². The summed E-state index contributed by atoms with van der Waals surface area (Å²) in [5.41, 5.74) is 0.817. The summed E-state index contributed by atoms with van der Waals surface area (Å²) in [5.74, 6) is 1.36. The Labute approximate surface area is 204 Å². The molecule has 1 N–H and O–H groups in total. The molecule has 0 bridgehead atoms. The van der Waals surface area contributed by atoms with Crippen molar-refractivity contribution in [2.75, 3.05) is 32.6 Å². The first-order valence-electron chi connectivity index (χ1n) is 11.2. The summed E-state index contributed by atoms with van der Waals surface area (Å²) in [6.45, 7) is 5.10. The number of ether oxygens (including phenoxy) is 2. The summed E-state index contributed by atoms with van der Waals surface area (Å²) in [7, 11) is -0.568. The van der Waals surface area contributed by atoms with Gasteiger partial charge in [0.05, 0.1) is 19.1 Å². The van der Waals surface area contributed by atoms with Gasteiger partial charge in [-0.2, -0.15) is 4.31 Å². The van der Waals surface area contributed by atoms with Gasteiger partial charge in [0.25, 0.3) is 5.91 Å². The maximum Gasteiger partial charge on any atom is 0.322 e. The van der Waals surface area contributed by atoms with Crippen LogP contribution in [-0.2, 0) is 10.0 Å². The van der Waals surface area contributed by atoms with Crippen molar-refractivity contribution in [1.29, 1.82) is 0 Å². The Balaban J connectivity index is 1.47. The third-order valence-corrected chi connectivity index (χ3v) is 7.68. The van der Waals surface area contributed by atoms with Gasteiger partial charge in [-0.05, 0) is 54.7 Å². The van der Waals surface area contributed by atoms with E-state index < -0.39 is 15.9 Å². The van der Waals surface area contributed by atoms with Gasteiger partial charge in [-0.25, -0.2) is 8.42 Å². The SMILES string of the molecule is COc1cc(OC)cc(-c2nnc(NC(=O)c3ccc(S(=O)(=O)N4C[C@H](C)C[C@H](C)C4)cc3)o2)c1. The number of carbonyl (C=O) groups is 1. The van der Waals surface area contributed by atoms with E-state index in [1.165, 1.54) is 42.8 Å². The van der Waals surface area contributed by atoms with Gasteiger partial charge in [-0.3, -0.25) is 10.1 Å². The number of anilines is 1. The highest BCUT2D eigenvalue weighted by Gasteiger charge is 2.31. The van der Waals surface area contributed by atoms with E-state index in [4.69, 9.17) is 13.9 Å². The van der Waals surface area contributed by atoms with E-state index in [1.807, 2.05) is 0 Å². The molecule has 2 atom stereocenters. The molecule has 4 rings (SSSR count). The van der Waals surface area contributed by atoms with Gasteiger partial charge in [0, 0.05) is 30.3 Å². The lowest BCUT2D eigenvalue weighted by Gasteiger charge is -2.34. The Bertz CT molecular complexity index is 1270. The number of benzene rings is 2. The van der Waals surface area contributed by atoms with Crippen LogP contribution < -0.4 is 14.8 Å². The lowest BCUT2D eigenvalue weighted by Crippen LogP contribution is -2.42. The molecule has 1 aromatic heterocycles. The van der Waals surface area contributed by atoms with E-state index in [-0.39, 0.29) is 22.4 Å². The van der Waals surface area contributed by atoms with Crippen LogP contribution >= 0.6 is 0 Å². The average Bonchev–Trinajstić information content (AvgIpc) is 3.31. The normalized spacial score (nSPS) is 18.7. The number of methoxy groups -OCH3 is 2. The van der Waals surface area contributed by atoms with Crippen LogP contribution in [0.5, 0.6) is 11.5 Å². The van der Waals surface area contributed by atoms with Crippen LogP contribution in [0.2, 0.25) is 0 Å². The molecule has 11 heteroatoms. The Kier molecular flexibility index (Phi) is 7.08. The molecular weight excluding hydrogens is 472 g/mol. The lowest BCUT2D eigenvalue weighted by molar-refractivity contribution is 0.102. The molecule has 1 aliphatic heterocycles. The molecule has 0 spiro atoms. The van der Waals surface area contributed by atoms with Crippen LogP contribution in [0.1, 0.15) is 30.6 Å². The second-order valence-electron chi connectivity index (χ2n) is 8.76. The summed E-state index contributed by atoms with van der Waals surface area (Å²) in [6, 6.07) is 10.8. The number of carbonyl (C=O) groups excluding carboxylic acids is 1. The van der Waals surface area contributed by atoms with Crippen LogP contribution in [-0.4, -0.2) is 56.1 Å². The van der Waals surface area contributed by atoms with Crippen molar-refractivity contribution in [3.8, 4) is 23.0 Å². The third-order valence-electron chi connectivity index (χ3n) is 5.83. The number of aromatic nitrogens is 2. The number of amides is 1. The van der Waals surface area contributed by atoms with Crippen LogP contribution in [0, 0.1) is 11.8 Å². The molecule has 1 fully saturated rings. The first-order valence-corrected chi connectivity index (χ1v) is 12.6. The van der Waals surface area contributed by atoms with Crippen molar-refractivity contribution in [1.82, 2.24) is 14.5 Å². The van der Waals surface area contributed by atoms with Crippen molar-refractivity contribution in [3.63, 3.8) is 0 Å². The summed E-state index contributed by atoms with van der Waals surface area (Å²) >= 11 is 0. The van der Waals surface area contributed by atoms with Gasteiger partial charge in [-0.1, -0.05) is 18.9 Å². The second-order valence-corrected chi connectivity index (χ2v) is 10.7. The molecule has 1 amide bonds. The summed E-state index contributed by atoms with van der Waals surface area (Å²) in [4.78, 5) is 12.8. The molecule has 0 unspecified atom stereocenters. The first-order chi connectivity index (χ1) is 16.7. The molecule has 3 aromatic rings. The molecule has 1 saturated heterocycles. The fourth-order valence-corrected chi connectivity index (χ4v) is 5.90. The highest BCUT2D eigenvalue weighted by Crippen LogP contribution is 2.30. The maximum atomic E-state index is 13.1. The van der Waals surface area contributed by atoms with E-state index in [0.717, 1.165) is 6.42 Å². The number of nitrogens with one attached hydrogen (secondary N) is 1. The Hall–Kier alpha value is -3.44. The molecule has 35 heavy (non-hydrogen) atoms. The van der Waals surface area contributed by atoms with E-state index in [2.05, 4.69) is 29.4 Å². The quantitative estimate of drug-likeness (QED) is 0.521. The molecule has 1 aliphatic rings. The van der Waals surface area contributed by atoms with Gasteiger partial charge < -0.3 is 13.9 Å². The topological polar surface area (TPSA) is 124 Å². The van der Waals surface area contributed by atoms with Gasteiger partial charge in [0.15, 0.2) is 0 Å². The second kappa shape index (κ2) is 10.0. The van der Waals surface area contributed by atoms with Crippen molar-refractivity contribution in [3.05, 3.63) is 48.0 Å². The van der Waals surface area contributed by atoms with Crippen molar-refractivity contribution >= 4 is 21.9 Å². The fourth-order valence-electron chi connectivity index (χ4n) is 4.22. The standard InChI is InChI=1S/C24H28N4O6S/c1-15-9-16(2)14-28(13-15)35(30,31)21-7-5-17(6-8-21)22(29)25-24-27-26-23(34-24)18-10-19(32-3)12-20(11-18)33-4/h5-8,10-12,15-16H,9,13-14H2,1-4H3,(H,25,27,29)/t15-,16+. The molecule has 0 aliphatic carbocycles. The lowest BCUT2D eigenvalue weighted by atomic mass is 9.94. The van der Waals surface area contributed by atoms with Gasteiger partial charge in [0.2, 0.25) is 15.9 Å². The van der Waals surface area contributed by atoms with Crippen LogP contribution in [0.4, 0.5) is 6.01 Å². The van der Waals surface area contributed by atoms with E-state index >= 15 is 0 Å². The zero-order valence-electron chi connectivity index (χ0n) is 20.0. The zero-order chi connectivity index (χ0) is 25.2. The van der Waals surface area contributed by atoms with Gasteiger partial charge in [-0.15, -0.1) is 5.10 Å². The van der Waals surface area contributed by atoms with Crippen LogP contribution in [0.15, 0.2) is 51.8 Å². The number of rotatable bonds is 7. The first kappa shape index (κ1) is 24.7. The maximum absolute atomic E-state index is 13.1.